The molecule has 6 nitrogen and oxygen atoms in total. The minimum absolute atomic E-state index is 0.0659. The van der Waals surface area contributed by atoms with Gasteiger partial charge in [-0.15, -0.1) is 0 Å². The summed E-state index contributed by atoms with van der Waals surface area (Å²) in [5, 5.41) is 0. The van der Waals surface area contributed by atoms with Crippen LogP contribution in [0.25, 0.3) is 11.3 Å². The Balaban J connectivity index is 1.32. The van der Waals surface area contributed by atoms with Crippen molar-refractivity contribution in [3.63, 3.8) is 0 Å². The third-order valence-corrected chi connectivity index (χ3v) is 6.57. The van der Waals surface area contributed by atoms with Gasteiger partial charge in [0.25, 0.3) is 0 Å². The van der Waals surface area contributed by atoms with Crippen LogP contribution in [0.3, 0.4) is 0 Å². The molecule has 0 saturated carbocycles. The van der Waals surface area contributed by atoms with Crippen molar-refractivity contribution in [2.75, 3.05) is 7.11 Å². The smallest absolute Gasteiger partial charge is 0.416 e. The number of ether oxygens (including phenoxy) is 3. The molecule has 0 spiro atoms. The van der Waals surface area contributed by atoms with Crippen LogP contribution in [0.15, 0.2) is 76.0 Å². The molecule has 4 aromatic rings. The summed E-state index contributed by atoms with van der Waals surface area (Å²) in [5.41, 5.74) is 2.30. The molecule has 1 aromatic heterocycles. The molecule has 0 saturated heterocycles. The Morgan fingerprint density at radius 2 is 1.86 bits per heavy atom. The number of methoxy groups -OCH3 is 1. The zero-order valence-electron chi connectivity index (χ0n) is 19.5. The summed E-state index contributed by atoms with van der Waals surface area (Å²) in [6.07, 6.45) is -3.76. The Morgan fingerprint density at radius 1 is 1.03 bits per heavy atom. The van der Waals surface area contributed by atoms with Crippen LogP contribution in [0, 0.1) is 0 Å². The first kappa shape index (κ1) is 24.9. The van der Waals surface area contributed by atoms with Crippen LogP contribution in [0.4, 0.5) is 13.2 Å². The van der Waals surface area contributed by atoms with E-state index in [2.05, 4.69) is 20.9 Å². The summed E-state index contributed by atoms with van der Waals surface area (Å²) >= 11 is 3.40. The molecule has 37 heavy (non-hydrogen) atoms. The number of rotatable bonds is 6. The number of nitrogens with zero attached hydrogens (tertiary/aromatic N) is 2. The molecular formula is C27H20BrF3N2O4. The molecular weight excluding hydrogens is 553 g/mol. The molecule has 0 amide bonds. The lowest BCUT2D eigenvalue weighted by Gasteiger charge is -2.22. The van der Waals surface area contributed by atoms with E-state index in [0.29, 0.717) is 23.2 Å². The van der Waals surface area contributed by atoms with E-state index in [1.807, 2.05) is 18.2 Å². The summed E-state index contributed by atoms with van der Waals surface area (Å²) in [6, 6.07) is 17.2. The van der Waals surface area contributed by atoms with Gasteiger partial charge in [0.2, 0.25) is 5.88 Å². The van der Waals surface area contributed by atoms with Crippen molar-refractivity contribution in [3.05, 3.63) is 98.4 Å². The van der Waals surface area contributed by atoms with Crippen LogP contribution in [0.2, 0.25) is 0 Å². The molecule has 10 heteroatoms. The van der Waals surface area contributed by atoms with Crippen molar-refractivity contribution in [2.45, 2.75) is 25.7 Å². The van der Waals surface area contributed by atoms with Crippen molar-refractivity contribution in [1.82, 2.24) is 9.55 Å². The highest BCUT2D eigenvalue weighted by Gasteiger charge is 2.30. The maximum atomic E-state index is 13.0. The number of aromatic nitrogens is 2. The van der Waals surface area contributed by atoms with Gasteiger partial charge < -0.3 is 14.2 Å². The molecule has 0 radical (unpaired) electrons. The Kier molecular flexibility index (Phi) is 6.68. The second-order valence-electron chi connectivity index (χ2n) is 8.37. The average molecular weight is 573 g/mol. The van der Waals surface area contributed by atoms with Gasteiger partial charge in [-0.3, -0.25) is 4.57 Å². The van der Waals surface area contributed by atoms with E-state index in [0.717, 1.165) is 40.3 Å². The van der Waals surface area contributed by atoms with Crippen LogP contribution in [0.5, 0.6) is 23.1 Å². The lowest BCUT2D eigenvalue weighted by atomic mass is 9.97. The molecule has 0 atom stereocenters. The summed E-state index contributed by atoms with van der Waals surface area (Å²) in [5.74, 6) is 1.36. The zero-order chi connectivity index (χ0) is 26.2. The van der Waals surface area contributed by atoms with Gasteiger partial charge in [-0.1, -0.05) is 12.1 Å². The third kappa shape index (κ3) is 5.34. The molecule has 0 N–H and O–H groups in total. The third-order valence-electron chi connectivity index (χ3n) is 5.95. The molecule has 5 rings (SSSR count). The number of hydrogen-bond donors (Lipinski definition) is 0. The predicted octanol–water partition coefficient (Wildman–Crippen LogP) is 6.63. The number of fused-ring (bicyclic) bond motifs is 3. The topological polar surface area (TPSA) is 62.6 Å². The van der Waals surface area contributed by atoms with E-state index in [9.17, 15) is 18.0 Å². The number of aryl methyl sites for hydroxylation is 1. The number of alkyl halides is 3. The fourth-order valence-electron chi connectivity index (χ4n) is 4.12. The minimum Gasteiger partial charge on any atom is -0.497 e. The summed E-state index contributed by atoms with van der Waals surface area (Å²) in [4.78, 5) is 16.7. The quantitative estimate of drug-likeness (QED) is 0.259. The van der Waals surface area contributed by atoms with E-state index in [1.165, 1.54) is 12.1 Å². The first-order chi connectivity index (χ1) is 17.7. The first-order valence-electron chi connectivity index (χ1n) is 11.3. The van der Waals surface area contributed by atoms with E-state index < -0.39 is 11.7 Å². The fraction of sp³-hybridized carbons (Fsp3) is 0.185. The largest absolute Gasteiger partial charge is 0.497 e. The maximum absolute atomic E-state index is 13.0. The number of benzene rings is 3. The summed E-state index contributed by atoms with van der Waals surface area (Å²) < 4.78 is 57.9. The van der Waals surface area contributed by atoms with Gasteiger partial charge in [0.1, 0.15) is 23.9 Å². The van der Waals surface area contributed by atoms with Crippen LogP contribution < -0.4 is 19.9 Å². The molecule has 1 aliphatic rings. The van der Waals surface area contributed by atoms with Crippen molar-refractivity contribution in [3.8, 4) is 34.4 Å². The van der Waals surface area contributed by atoms with Gasteiger partial charge in [0, 0.05) is 18.2 Å². The molecule has 0 bridgehead atoms. The van der Waals surface area contributed by atoms with E-state index >= 15 is 0 Å². The fourth-order valence-corrected chi connectivity index (χ4v) is 4.63. The van der Waals surface area contributed by atoms with Gasteiger partial charge >= 0.3 is 11.9 Å². The first-order valence-corrected chi connectivity index (χ1v) is 12.1. The zero-order valence-corrected chi connectivity index (χ0v) is 21.1. The van der Waals surface area contributed by atoms with Crippen molar-refractivity contribution < 1.29 is 27.4 Å². The van der Waals surface area contributed by atoms with Crippen LogP contribution in [0.1, 0.15) is 16.7 Å². The number of halogens is 4. The van der Waals surface area contributed by atoms with Crippen molar-refractivity contribution in [1.29, 1.82) is 0 Å². The van der Waals surface area contributed by atoms with Gasteiger partial charge in [-0.25, -0.2) is 4.79 Å². The van der Waals surface area contributed by atoms with E-state index in [-0.39, 0.29) is 23.9 Å². The van der Waals surface area contributed by atoms with Crippen LogP contribution >= 0.6 is 15.9 Å². The average Bonchev–Trinajstić information content (AvgIpc) is 2.88. The lowest BCUT2D eigenvalue weighted by Crippen LogP contribution is -2.28. The highest BCUT2D eigenvalue weighted by atomic mass is 79.9. The Bertz CT molecular complexity index is 1540. The molecule has 1 aliphatic heterocycles. The minimum atomic E-state index is -4.46. The second kappa shape index (κ2) is 9.93. The van der Waals surface area contributed by atoms with Gasteiger partial charge in [-0.05, 0) is 82.0 Å². The lowest BCUT2D eigenvalue weighted by molar-refractivity contribution is -0.137. The highest BCUT2D eigenvalue weighted by Crippen LogP contribution is 2.36. The standard InChI is InChI=1S/C27H20BrF3N2O4/c1-35-19-6-7-21-17(12-19)9-10-33-23(21)14-25(32-26(33)34)36-15-16-5-8-24(22(28)11-16)37-20-4-2-3-18(13-20)27(29,30)31/h2-8,11-14H,9-10,15H2,1H3. The maximum Gasteiger partial charge on any atom is 0.416 e. The predicted molar refractivity (Wildman–Crippen MR) is 134 cm³/mol. The summed E-state index contributed by atoms with van der Waals surface area (Å²) in [7, 11) is 1.61. The Morgan fingerprint density at radius 3 is 2.62 bits per heavy atom. The molecule has 3 aromatic carbocycles. The number of hydrogen-bond acceptors (Lipinski definition) is 5. The van der Waals surface area contributed by atoms with Gasteiger partial charge in [0.05, 0.1) is 22.8 Å². The van der Waals surface area contributed by atoms with Gasteiger partial charge in [0.15, 0.2) is 0 Å². The molecule has 0 aliphatic carbocycles. The van der Waals surface area contributed by atoms with Gasteiger partial charge in [-0.2, -0.15) is 18.2 Å². The van der Waals surface area contributed by atoms with Crippen LogP contribution in [-0.4, -0.2) is 16.7 Å². The molecule has 190 valence electrons. The van der Waals surface area contributed by atoms with E-state index in [4.69, 9.17) is 14.2 Å². The normalized spacial score (nSPS) is 12.5. The molecule has 0 fully saturated rings. The monoisotopic (exact) mass is 572 g/mol. The highest BCUT2D eigenvalue weighted by molar-refractivity contribution is 9.10. The summed E-state index contributed by atoms with van der Waals surface area (Å²) in [6.45, 7) is 0.635. The molecule has 0 unspecified atom stereocenters. The Labute approximate surface area is 218 Å². The SMILES string of the molecule is COc1ccc2c(c1)CCn1c-2cc(OCc2ccc(Oc3cccc(C(F)(F)F)c3)c(Br)c2)nc1=O. The Hall–Kier alpha value is -3.79. The van der Waals surface area contributed by atoms with Crippen molar-refractivity contribution >= 4 is 15.9 Å². The molecule has 2 heterocycles. The second-order valence-corrected chi connectivity index (χ2v) is 9.22. The van der Waals surface area contributed by atoms with Crippen molar-refractivity contribution in [2.24, 2.45) is 0 Å². The van der Waals surface area contributed by atoms with Crippen LogP contribution in [-0.2, 0) is 25.7 Å². The van der Waals surface area contributed by atoms with E-state index in [1.54, 1.807) is 35.9 Å².